The van der Waals surface area contributed by atoms with Crippen molar-refractivity contribution >= 4 is 17.6 Å². The SMILES string of the molecule is C1=CCCC(B(c2ccccc2)c2ccccc2)=C1. The minimum absolute atomic E-state index is 0.396. The van der Waals surface area contributed by atoms with Gasteiger partial charge in [0.05, 0.1) is 0 Å². The van der Waals surface area contributed by atoms with Crippen molar-refractivity contribution in [2.45, 2.75) is 12.8 Å². The minimum atomic E-state index is 0.396. The summed E-state index contributed by atoms with van der Waals surface area (Å²) in [5.74, 6) is 0. The second-order valence-electron chi connectivity index (χ2n) is 4.96. The van der Waals surface area contributed by atoms with E-state index in [4.69, 9.17) is 0 Å². The number of benzene rings is 2. The monoisotopic (exact) mass is 244 g/mol. The summed E-state index contributed by atoms with van der Waals surface area (Å²) in [6.07, 6.45) is 9.04. The van der Waals surface area contributed by atoms with Crippen molar-refractivity contribution in [1.29, 1.82) is 0 Å². The lowest BCUT2D eigenvalue weighted by Crippen LogP contribution is -2.44. The highest BCUT2D eigenvalue weighted by atomic mass is 14.0. The molecular formula is C18H17B. The van der Waals surface area contributed by atoms with E-state index in [-0.39, 0.29) is 0 Å². The molecule has 0 saturated carbocycles. The van der Waals surface area contributed by atoms with Crippen LogP contribution in [0.2, 0.25) is 0 Å². The second kappa shape index (κ2) is 5.75. The normalized spacial score (nSPS) is 14.0. The molecule has 0 aromatic heterocycles. The van der Waals surface area contributed by atoms with E-state index in [1.54, 1.807) is 0 Å². The summed E-state index contributed by atoms with van der Waals surface area (Å²) in [5, 5.41) is 0. The Hall–Kier alpha value is -2.02. The van der Waals surface area contributed by atoms with Gasteiger partial charge < -0.3 is 0 Å². The Balaban J connectivity index is 2.06. The molecule has 0 aliphatic heterocycles. The zero-order valence-electron chi connectivity index (χ0n) is 11.0. The molecule has 2 aromatic carbocycles. The minimum Gasteiger partial charge on any atom is -0.0905 e. The van der Waals surface area contributed by atoms with Crippen LogP contribution in [-0.4, -0.2) is 6.71 Å². The third-order valence-corrected chi connectivity index (χ3v) is 3.68. The van der Waals surface area contributed by atoms with Gasteiger partial charge >= 0.3 is 0 Å². The fraction of sp³-hybridized carbons (Fsp3) is 0.111. The molecule has 0 atom stereocenters. The van der Waals surface area contributed by atoms with Gasteiger partial charge in [0.1, 0.15) is 0 Å². The van der Waals surface area contributed by atoms with Gasteiger partial charge in [0.15, 0.2) is 0 Å². The second-order valence-corrected chi connectivity index (χ2v) is 4.96. The lowest BCUT2D eigenvalue weighted by atomic mass is 9.35. The van der Waals surface area contributed by atoms with Crippen molar-refractivity contribution in [3.8, 4) is 0 Å². The van der Waals surface area contributed by atoms with E-state index in [0.717, 1.165) is 12.8 Å². The van der Waals surface area contributed by atoms with E-state index < -0.39 is 0 Å². The first-order valence-electron chi connectivity index (χ1n) is 6.90. The van der Waals surface area contributed by atoms with Crippen LogP contribution in [0.4, 0.5) is 0 Å². The molecule has 19 heavy (non-hydrogen) atoms. The van der Waals surface area contributed by atoms with Gasteiger partial charge in [-0.25, -0.2) is 0 Å². The Labute approximate surface area is 115 Å². The molecule has 1 aliphatic carbocycles. The van der Waals surface area contributed by atoms with Crippen LogP contribution in [-0.2, 0) is 0 Å². The first-order valence-corrected chi connectivity index (χ1v) is 6.90. The highest BCUT2D eigenvalue weighted by Gasteiger charge is 2.23. The summed E-state index contributed by atoms with van der Waals surface area (Å²) >= 11 is 0. The summed E-state index contributed by atoms with van der Waals surface area (Å²) in [5.41, 5.74) is 4.28. The lowest BCUT2D eigenvalue weighted by Gasteiger charge is -2.19. The van der Waals surface area contributed by atoms with Gasteiger partial charge in [0.25, 0.3) is 0 Å². The highest BCUT2D eigenvalue weighted by molar-refractivity contribution is 6.90. The Kier molecular flexibility index (Phi) is 3.64. The Morgan fingerprint density at radius 1 is 0.737 bits per heavy atom. The molecule has 1 aliphatic rings. The molecule has 2 aromatic rings. The molecule has 0 saturated heterocycles. The number of rotatable bonds is 3. The van der Waals surface area contributed by atoms with Crippen LogP contribution in [0.3, 0.4) is 0 Å². The lowest BCUT2D eigenvalue weighted by molar-refractivity contribution is 1.01. The predicted molar refractivity (Wildman–Crippen MR) is 84.4 cm³/mol. The maximum atomic E-state index is 2.29. The molecule has 0 heterocycles. The third-order valence-electron chi connectivity index (χ3n) is 3.68. The average Bonchev–Trinajstić information content (AvgIpc) is 2.51. The Morgan fingerprint density at radius 2 is 1.32 bits per heavy atom. The Morgan fingerprint density at radius 3 is 1.79 bits per heavy atom. The summed E-state index contributed by atoms with van der Waals surface area (Å²) in [6.45, 7) is 0.396. The molecule has 3 rings (SSSR count). The quantitative estimate of drug-likeness (QED) is 0.728. The molecule has 0 spiro atoms. The van der Waals surface area contributed by atoms with E-state index in [1.807, 2.05) is 0 Å². The van der Waals surface area contributed by atoms with Gasteiger partial charge in [-0.2, -0.15) is 0 Å². The first kappa shape index (κ1) is 12.0. The Bertz CT molecular complexity index is 542. The fourth-order valence-electron chi connectivity index (χ4n) is 2.77. The molecule has 0 radical (unpaired) electrons. The maximum Gasteiger partial charge on any atom is 0.237 e. The number of hydrogen-bond acceptors (Lipinski definition) is 0. The van der Waals surface area contributed by atoms with Crippen LogP contribution >= 0.6 is 0 Å². The van der Waals surface area contributed by atoms with Crippen LogP contribution in [0.5, 0.6) is 0 Å². The van der Waals surface area contributed by atoms with E-state index in [1.165, 1.54) is 16.4 Å². The number of hydrogen-bond donors (Lipinski definition) is 0. The van der Waals surface area contributed by atoms with Gasteiger partial charge in [-0.1, -0.05) is 95.3 Å². The van der Waals surface area contributed by atoms with Gasteiger partial charge in [-0.05, 0) is 12.8 Å². The molecule has 0 bridgehead atoms. The smallest absolute Gasteiger partial charge is 0.0905 e. The predicted octanol–water partition coefficient (Wildman–Crippen LogP) is 3.11. The van der Waals surface area contributed by atoms with Gasteiger partial charge in [0, 0.05) is 0 Å². The maximum absolute atomic E-state index is 2.29. The van der Waals surface area contributed by atoms with Gasteiger partial charge in [-0.3, -0.25) is 0 Å². The van der Waals surface area contributed by atoms with Gasteiger partial charge in [-0.15, -0.1) is 0 Å². The van der Waals surface area contributed by atoms with Crippen LogP contribution in [0, 0.1) is 0 Å². The number of allylic oxidation sites excluding steroid dienone is 4. The molecule has 0 nitrogen and oxygen atoms in total. The van der Waals surface area contributed by atoms with Crippen LogP contribution < -0.4 is 10.9 Å². The van der Waals surface area contributed by atoms with E-state index in [0.29, 0.717) is 6.71 Å². The molecule has 0 fully saturated rings. The molecule has 0 unspecified atom stereocenters. The van der Waals surface area contributed by atoms with Gasteiger partial charge in [0.2, 0.25) is 6.71 Å². The van der Waals surface area contributed by atoms with Crippen LogP contribution in [0.25, 0.3) is 0 Å². The molecule has 1 heteroatoms. The largest absolute Gasteiger partial charge is 0.237 e. The van der Waals surface area contributed by atoms with E-state index in [9.17, 15) is 0 Å². The summed E-state index contributed by atoms with van der Waals surface area (Å²) in [6, 6.07) is 21.6. The zero-order chi connectivity index (χ0) is 12.9. The molecule has 0 N–H and O–H groups in total. The zero-order valence-corrected chi connectivity index (χ0v) is 11.0. The fourth-order valence-corrected chi connectivity index (χ4v) is 2.77. The molecule has 0 amide bonds. The van der Waals surface area contributed by atoms with Crippen molar-refractivity contribution in [3.63, 3.8) is 0 Å². The topological polar surface area (TPSA) is 0 Å². The van der Waals surface area contributed by atoms with E-state index >= 15 is 0 Å². The van der Waals surface area contributed by atoms with Crippen molar-refractivity contribution in [2.75, 3.05) is 0 Å². The summed E-state index contributed by atoms with van der Waals surface area (Å²) in [4.78, 5) is 0. The standard InChI is InChI=1S/C18H17B/c1-4-10-16(11-5-1)19(17-12-6-2-7-13-17)18-14-8-3-9-15-18/h1-8,10-14H,9,15H2. The van der Waals surface area contributed by atoms with Crippen molar-refractivity contribution in [3.05, 3.63) is 84.4 Å². The average molecular weight is 244 g/mol. The van der Waals surface area contributed by atoms with E-state index in [2.05, 4.69) is 78.9 Å². The first-order chi connectivity index (χ1) is 9.45. The molecule has 92 valence electrons. The van der Waals surface area contributed by atoms with Crippen LogP contribution in [0.1, 0.15) is 12.8 Å². The van der Waals surface area contributed by atoms with Crippen molar-refractivity contribution in [1.82, 2.24) is 0 Å². The molecular weight excluding hydrogens is 227 g/mol. The van der Waals surface area contributed by atoms with Crippen molar-refractivity contribution < 1.29 is 0 Å². The third kappa shape index (κ3) is 2.71. The highest BCUT2D eigenvalue weighted by Crippen LogP contribution is 2.15. The van der Waals surface area contributed by atoms with Crippen LogP contribution in [0.15, 0.2) is 84.4 Å². The summed E-state index contributed by atoms with van der Waals surface area (Å²) in [7, 11) is 0. The summed E-state index contributed by atoms with van der Waals surface area (Å²) < 4.78 is 0. The van der Waals surface area contributed by atoms with Crippen molar-refractivity contribution in [2.24, 2.45) is 0 Å².